The van der Waals surface area contributed by atoms with Crippen molar-refractivity contribution >= 4 is 45.0 Å². The molecular formula is C24H27BrFN5O4S. The van der Waals surface area contributed by atoms with Crippen LogP contribution in [0.5, 0.6) is 0 Å². The molecule has 4 rings (SSSR count). The Kier molecular flexibility index (Phi) is 8.83. The second kappa shape index (κ2) is 12.0. The molecule has 36 heavy (non-hydrogen) atoms. The van der Waals surface area contributed by atoms with Gasteiger partial charge in [0.05, 0.1) is 24.9 Å². The number of primary amides is 1. The Bertz CT molecular complexity index is 1170. The summed E-state index contributed by atoms with van der Waals surface area (Å²) >= 11 is 4.86. The van der Waals surface area contributed by atoms with E-state index in [2.05, 4.69) is 31.1 Å². The number of benzene rings is 1. The highest BCUT2D eigenvalue weighted by molar-refractivity contribution is 9.10. The van der Waals surface area contributed by atoms with Gasteiger partial charge in [0, 0.05) is 47.8 Å². The highest BCUT2D eigenvalue weighted by Gasteiger charge is 2.35. The van der Waals surface area contributed by atoms with Crippen molar-refractivity contribution in [2.45, 2.75) is 31.9 Å². The molecule has 0 aliphatic carbocycles. The maximum Gasteiger partial charge on any atom is 0.338 e. The summed E-state index contributed by atoms with van der Waals surface area (Å²) in [6.07, 6.45) is 2.31. The van der Waals surface area contributed by atoms with Crippen molar-refractivity contribution in [3.63, 3.8) is 0 Å². The van der Waals surface area contributed by atoms with Crippen LogP contribution in [0, 0.1) is 5.82 Å². The Morgan fingerprint density at radius 1 is 1.42 bits per heavy atom. The second-order valence-corrected chi connectivity index (χ2v) is 10.1. The zero-order valence-electron chi connectivity index (χ0n) is 19.7. The van der Waals surface area contributed by atoms with E-state index in [9.17, 15) is 14.0 Å². The molecule has 192 valence electrons. The average Bonchev–Trinajstić information content (AvgIpc) is 3.38. The fourth-order valence-electron chi connectivity index (χ4n) is 4.19. The smallest absolute Gasteiger partial charge is 0.338 e. The largest absolute Gasteiger partial charge is 0.463 e. The third kappa shape index (κ3) is 6.36. The van der Waals surface area contributed by atoms with E-state index in [1.807, 2.05) is 5.38 Å². The third-order valence-electron chi connectivity index (χ3n) is 5.83. The average molecular weight is 580 g/mol. The lowest BCUT2D eigenvalue weighted by molar-refractivity contribution is -0.139. The Hall–Kier alpha value is -2.67. The van der Waals surface area contributed by atoms with E-state index in [0.29, 0.717) is 64.8 Å². The van der Waals surface area contributed by atoms with E-state index in [1.165, 1.54) is 23.5 Å². The lowest BCUT2D eigenvalue weighted by Crippen LogP contribution is -2.46. The van der Waals surface area contributed by atoms with Crippen molar-refractivity contribution in [2.24, 2.45) is 10.7 Å². The summed E-state index contributed by atoms with van der Waals surface area (Å²) in [5, 5.41) is 5.83. The van der Waals surface area contributed by atoms with Gasteiger partial charge in [-0.05, 0) is 31.0 Å². The van der Waals surface area contributed by atoms with Gasteiger partial charge in [0.2, 0.25) is 5.91 Å². The van der Waals surface area contributed by atoms with Crippen molar-refractivity contribution in [1.82, 2.24) is 15.2 Å². The number of amidine groups is 1. The number of amides is 1. The van der Waals surface area contributed by atoms with Crippen LogP contribution < -0.4 is 11.1 Å². The first-order valence-corrected chi connectivity index (χ1v) is 13.2. The van der Waals surface area contributed by atoms with Gasteiger partial charge in [0.1, 0.15) is 11.9 Å². The molecule has 0 spiro atoms. The van der Waals surface area contributed by atoms with Gasteiger partial charge >= 0.3 is 5.97 Å². The van der Waals surface area contributed by atoms with Crippen molar-refractivity contribution in [2.75, 3.05) is 32.8 Å². The highest BCUT2D eigenvalue weighted by atomic mass is 79.9. The monoisotopic (exact) mass is 579 g/mol. The minimum Gasteiger partial charge on any atom is -0.463 e. The number of hydrogen-bond acceptors (Lipinski definition) is 9. The molecule has 0 saturated carbocycles. The van der Waals surface area contributed by atoms with Crippen LogP contribution in [-0.4, -0.2) is 66.5 Å². The maximum absolute atomic E-state index is 13.9. The molecule has 3 heterocycles. The van der Waals surface area contributed by atoms with Crippen LogP contribution >= 0.6 is 27.3 Å². The number of hydrogen-bond donors (Lipinski definition) is 2. The fourth-order valence-corrected chi connectivity index (χ4v) is 5.35. The molecule has 2 aliphatic heterocycles. The molecule has 1 amide bonds. The maximum atomic E-state index is 13.9. The van der Waals surface area contributed by atoms with Gasteiger partial charge < -0.3 is 20.5 Å². The van der Waals surface area contributed by atoms with Gasteiger partial charge in [0.25, 0.3) is 0 Å². The molecule has 2 aromatic rings. The summed E-state index contributed by atoms with van der Waals surface area (Å²) in [6.45, 7) is 4.04. The number of aromatic nitrogens is 1. The molecule has 0 radical (unpaired) electrons. The molecule has 1 aromatic heterocycles. The lowest BCUT2D eigenvalue weighted by Gasteiger charge is -2.35. The summed E-state index contributed by atoms with van der Waals surface area (Å²) in [5.41, 5.74) is 6.92. The van der Waals surface area contributed by atoms with Gasteiger partial charge in [-0.3, -0.25) is 14.7 Å². The molecule has 12 heteroatoms. The minimum absolute atomic E-state index is 0.143. The van der Waals surface area contributed by atoms with Crippen molar-refractivity contribution in [1.29, 1.82) is 0 Å². The lowest BCUT2D eigenvalue weighted by atomic mass is 9.95. The molecule has 0 bridgehead atoms. The van der Waals surface area contributed by atoms with Crippen LogP contribution in [0.2, 0.25) is 0 Å². The number of carbonyl (C=O) groups excluding carboxylic acids is 2. The normalized spacial score (nSPS) is 20.6. The Morgan fingerprint density at radius 2 is 2.25 bits per heavy atom. The first-order chi connectivity index (χ1) is 17.4. The van der Waals surface area contributed by atoms with Crippen LogP contribution in [0.3, 0.4) is 0 Å². The standard InChI is InChI=1S/C24H27BrFN5O4S/c1-2-34-24(33)20-18(13-31-8-9-35-15(12-31)4-6-19(27)32)29-22(23-28-7-10-36-23)30-21(20)16-5-3-14(26)11-17(16)25/h3,5,7,10-11,15,21H,2,4,6,8-9,12-13H2,1H3,(H2,27,32)(H,29,30)/t15-,21?/m1/s1. The SMILES string of the molecule is CCOC(=O)C1=C(CN2CCO[C@H](CCC(N)=O)C2)NC(c2nccs2)=NC1c1ccc(F)cc1Br. The van der Waals surface area contributed by atoms with Crippen LogP contribution in [-0.2, 0) is 19.1 Å². The predicted molar refractivity (Wildman–Crippen MR) is 137 cm³/mol. The van der Waals surface area contributed by atoms with Crippen LogP contribution in [0.1, 0.15) is 36.4 Å². The predicted octanol–water partition coefficient (Wildman–Crippen LogP) is 2.92. The van der Waals surface area contributed by atoms with Crippen LogP contribution in [0.25, 0.3) is 0 Å². The number of thiazole rings is 1. The van der Waals surface area contributed by atoms with E-state index in [1.54, 1.807) is 19.2 Å². The number of nitrogens with zero attached hydrogens (tertiary/aromatic N) is 3. The molecule has 9 nitrogen and oxygen atoms in total. The van der Waals surface area contributed by atoms with E-state index in [0.717, 1.165) is 0 Å². The Morgan fingerprint density at radius 3 is 2.94 bits per heavy atom. The molecule has 1 aromatic carbocycles. The fraction of sp³-hybridized carbons (Fsp3) is 0.417. The molecular weight excluding hydrogens is 553 g/mol. The van der Waals surface area contributed by atoms with E-state index in [-0.39, 0.29) is 25.0 Å². The number of halogens is 2. The van der Waals surface area contributed by atoms with Gasteiger partial charge in [-0.1, -0.05) is 22.0 Å². The van der Waals surface area contributed by atoms with E-state index < -0.39 is 17.8 Å². The number of morpholine rings is 1. The minimum atomic E-state index is -0.735. The van der Waals surface area contributed by atoms with E-state index >= 15 is 0 Å². The van der Waals surface area contributed by atoms with Crippen molar-refractivity contribution in [3.05, 3.63) is 61.9 Å². The summed E-state index contributed by atoms with van der Waals surface area (Å²) in [7, 11) is 0. The van der Waals surface area contributed by atoms with Crippen molar-refractivity contribution in [3.8, 4) is 0 Å². The summed E-state index contributed by atoms with van der Waals surface area (Å²) in [6, 6.07) is 3.57. The number of carbonyl (C=O) groups is 2. The number of aliphatic imine (C=N–C) groups is 1. The first kappa shape index (κ1) is 26.4. The van der Waals surface area contributed by atoms with Gasteiger partial charge in [-0.25, -0.2) is 14.2 Å². The first-order valence-electron chi connectivity index (χ1n) is 11.6. The molecule has 1 saturated heterocycles. The van der Waals surface area contributed by atoms with Crippen LogP contribution in [0.15, 0.2) is 50.5 Å². The number of nitrogens with one attached hydrogen (secondary N) is 1. The molecule has 3 N–H and O–H groups in total. The Balaban J connectivity index is 1.71. The second-order valence-electron chi connectivity index (χ2n) is 8.35. The summed E-state index contributed by atoms with van der Waals surface area (Å²) in [4.78, 5) is 35.8. The highest BCUT2D eigenvalue weighted by Crippen LogP contribution is 2.37. The number of rotatable bonds is 9. The molecule has 2 atom stereocenters. The number of ether oxygens (including phenoxy) is 2. The third-order valence-corrected chi connectivity index (χ3v) is 7.30. The summed E-state index contributed by atoms with van der Waals surface area (Å²) in [5.74, 6) is -0.746. The van der Waals surface area contributed by atoms with Gasteiger partial charge in [-0.15, -0.1) is 11.3 Å². The van der Waals surface area contributed by atoms with Gasteiger partial charge in [-0.2, -0.15) is 0 Å². The molecule has 1 fully saturated rings. The number of esters is 1. The van der Waals surface area contributed by atoms with E-state index in [4.69, 9.17) is 20.2 Å². The summed E-state index contributed by atoms with van der Waals surface area (Å²) < 4.78 is 25.6. The zero-order valence-corrected chi connectivity index (χ0v) is 22.1. The zero-order chi connectivity index (χ0) is 25.7. The molecule has 1 unspecified atom stereocenters. The Labute approximate surface area is 220 Å². The topological polar surface area (TPSA) is 119 Å². The molecule has 2 aliphatic rings. The van der Waals surface area contributed by atoms with Crippen molar-refractivity contribution < 1.29 is 23.5 Å². The quantitative estimate of drug-likeness (QED) is 0.438. The number of nitrogens with two attached hydrogens (primary N) is 1. The van der Waals surface area contributed by atoms with Crippen LogP contribution in [0.4, 0.5) is 4.39 Å². The van der Waals surface area contributed by atoms with Gasteiger partial charge in [0.15, 0.2) is 10.8 Å².